The van der Waals surface area contributed by atoms with Crippen LogP contribution in [-0.2, 0) is 0 Å². The zero-order chi connectivity index (χ0) is 30.4. The Bertz CT molecular complexity index is 1740. The van der Waals surface area contributed by atoms with E-state index in [4.69, 9.17) is 16.3 Å². The molecule has 224 valence electrons. The molecule has 0 bridgehead atoms. The van der Waals surface area contributed by atoms with Crippen LogP contribution in [0.3, 0.4) is 0 Å². The molecule has 0 aliphatic carbocycles. The summed E-state index contributed by atoms with van der Waals surface area (Å²) >= 11 is 6.22. The van der Waals surface area contributed by atoms with Gasteiger partial charge in [-0.1, -0.05) is 18.5 Å². The minimum Gasteiger partial charge on any atom is -0.477 e. The fourth-order valence-electron chi connectivity index (χ4n) is 5.85. The number of benzene rings is 1. The van der Waals surface area contributed by atoms with E-state index in [2.05, 4.69) is 26.7 Å². The summed E-state index contributed by atoms with van der Waals surface area (Å²) in [4.78, 5) is 40.3. The van der Waals surface area contributed by atoms with Crippen molar-refractivity contribution < 1.29 is 19.0 Å². The SMILES string of the molecule is CC1C[C@H](COc2ncccc2Cl)N(c2cc3c(cc2F)c(=O)c(C(=O)O)cn3-c2ccc(N3CC(N(C)C)C3)nc2)C1. The van der Waals surface area contributed by atoms with E-state index in [1.54, 1.807) is 35.2 Å². The summed E-state index contributed by atoms with van der Waals surface area (Å²) in [6.45, 7) is 4.61. The Labute approximate surface area is 252 Å². The molecule has 2 aliphatic rings. The number of nitrogens with zero attached hydrogens (tertiary/aromatic N) is 6. The molecule has 1 aromatic carbocycles. The number of aromatic carboxylic acids is 1. The number of rotatable bonds is 8. The molecule has 2 fully saturated rings. The number of hydrogen-bond acceptors (Lipinski definition) is 8. The van der Waals surface area contributed by atoms with Gasteiger partial charge in [0.05, 0.1) is 29.1 Å². The summed E-state index contributed by atoms with van der Waals surface area (Å²) in [5.74, 6) is -0.632. The summed E-state index contributed by atoms with van der Waals surface area (Å²) in [5, 5.41) is 10.1. The van der Waals surface area contributed by atoms with Gasteiger partial charge in [0.25, 0.3) is 0 Å². The molecule has 1 N–H and O–H groups in total. The summed E-state index contributed by atoms with van der Waals surface area (Å²) in [6, 6.07) is 10.1. The Morgan fingerprint density at radius 2 is 1.98 bits per heavy atom. The number of likely N-dealkylation sites (N-methyl/N-ethyl adjacent to an activating group) is 1. The second-order valence-corrected chi connectivity index (χ2v) is 11.9. The van der Waals surface area contributed by atoms with Gasteiger partial charge in [-0.05, 0) is 62.8 Å². The molecule has 43 heavy (non-hydrogen) atoms. The number of aromatic nitrogens is 3. The van der Waals surface area contributed by atoms with E-state index in [0.29, 0.717) is 40.4 Å². The van der Waals surface area contributed by atoms with Crippen LogP contribution < -0.4 is 20.0 Å². The van der Waals surface area contributed by atoms with E-state index in [-0.39, 0.29) is 24.0 Å². The number of carboxylic acid groups (broad SMARTS) is 1. The average Bonchev–Trinajstić information content (AvgIpc) is 3.32. The molecule has 2 saturated heterocycles. The first-order valence-electron chi connectivity index (χ1n) is 14.1. The summed E-state index contributed by atoms with van der Waals surface area (Å²) in [6.07, 6.45) is 5.27. The third kappa shape index (κ3) is 5.50. The van der Waals surface area contributed by atoms with Gasteiger partial charge >= 0.3 is 5.97 Å². The topological polar surface area (TPSA) is 104 Å². The Balaban J connectivity index is 1.38. The van der Waals surface area contributed by atoms with Gasteiger partial charge in [-0.25, -0.2) is 19.2 Å². The normalized spacial score (nSPS) is 18.8. The lowest BCUT2D eigenvalue weighted by molar-refractivity contribution is 0.0695. The van der Waals surface area contributed by atoms with Crippen molar-refractivity contribution in [3.8, 4) is 11.6 Å². The van der Waals surface area contributed by atoms with Crippen molar-refractivity contribution in [2.45, 2.75) is 25.4 Å². The number of ether oxygens (including phenoxy) is 1. The summed E-state index contributed by atoms with van der Waals surface area (Å²) in [7, 11) is 4.09. The molecule has 6 rings (SSSR count). The van der Waals surface area contributed by atoms with Crippen LogP contribution in [0.2, 0.25) is 5.02 Å². The van der Waals surface area contributed by atoms with Gasteiger partial charge in [0.2, 0.25) is 11.3 Å². The highest BCUT2D eigenvalue weighted by molar-refractivity contribution is 6.31. The zero-order valence-electron chi connectivity index (χ0n) is 24.1. The van der Waals surface area contributed by atoms with E-state index >= 15 is 4.39 Å². The molecule has 5 heterocycles. The Morgan fingerprint density at radius 1 is 1.19 bits per heavy atom. The lowest BCUT2D eigenvalue weighted by Crippen LogP contribution is -2.57. The highest BCUT2D eigenvalue weighted by atomic mass is 35.5. The highest BCUT2D eigenvalue weighted by Crippen LogP contribution is 2.35. The van der Waals surface area contributed by atoms with Gasteiger partial charge < -0.3 is 29.1 Å². The molecule has 1 unspecified atom stereocenters. The second-order valence-electron chi connectivity index (χ2n) is 11.5. The molecule has 3 aromatic heterocycles. The van der Waals surface area contributed by atoms with Crippen LogP contribution >= 0.6 is 11.6 Å². The Kier molecular flexibility index (Phi) is 7.70. The first kappa shape index (κ1) is 28.9. The lowest BCUT2D eigenvalue weighted by Gasteiger charge is -2.43. The Hall–Kier alpha value is -4.22. The van der Waals surface area contributed by atoms with Gasteiger partial charge in [-0.3, -0.25) is 4.79 Å². The number of pyridine rings is 3. The highest BCUT2D eigenvalue weighted by Gasteiger charge is 2.33. The third-order valence-corrected chi connectivity index (χ3v) is 8.59. The van der Waals surface area contributed by atoms with E-state index in [1.165, 1.54) is 6.20 Å². The van der Waals surface area contributed by atoms with Crippen LogP contribution in [0.5, 0.6) is 5.88 Å². The van der Waals surface area contributed by atoms with E-state index in [0.717, 1.165) is 31.4 Å². The largest absolute Gasteiger partial charge is 0.477 e. The van der Waals surface area contributed by atoms with Crippen LogP contribution in [-0.4, -0.2) is 82.9 Å². The van der Waals surface area contributed by atoms with Gasteiger partial charge in [0.1, 0.15) is 28.8 Å². The zero-order valence-corrected chi connectivity index (χ0v) is 24.8. The van der Waals surface area contributed by atoms with Crippen LogP contribution in [0.4, 0.5) is 15.9 Å². The number of anilines is 2. The number of carboxylic acids is 1. The monoisotopic (exact) mass is 606 g/mol. The van der Waals surface area contributed by atoms with Crippen molar-refractivity contribution in [3.63, 3.8) is 0 Å². The average molecular weight is 607 g/mol. The smallest absolute Gasteiger partial charge is 0.341 e. The van der Waals surface area contributed by atoms with Gasteiger partial charge in [-0.15, -0.1) is 0 Å². The maximum Gasteiger partial charge on any atom is 0.341 e. The van der Waals surface area contributed by atoms with Gasteiger partial charge in [0, 0.05) is 43.5 Å². The first-order valence-corrected chi connectivity index (χ1v) is 14.5. The van der Waals surface area contributed by atoms with Crippen molar-refractivity contribution in [1.29, 1.82) is 0 Å². The van der Waals surface area contributed by atoms with E-state index < -0.39 is 22.8 Å². The summed E-state index contributed by atoms with van der Waals surface area (Å²) < 4.78 is 23.3. The molecule has 0 amide bonds. The predicted molar refractivity (Wildman–Crippen MR) is 164 cm³/mol. The molecular formula is C31H32ClFN6O4. The number of halogens is 2. The van der Waals surface area contributed by atoms with Gasteiger partial charge in [0.15, 0.2) is 0 Å². The lowest BCUT2D eigenvalue weighted by atomic mass is 10.1. The van der Waals surface area contributed by atoms with Crippen molar-refractivity contribution in [3.05, 3.63) is 81.6 Å². The molecular weight excluding hydrogens is 575 g/mol. The van der Waals surface area contributed by atoms with Crippen LogP contribution in [0.25, 0.3) is 16.6 Å². The molecule has 0 radical (unpaired) electrons. The first-order chi connectivity index (χ1) is 20.6. The quantitative estimate of drug-likeness (QED) is 0.314. The van der Waals surface area contributed by atoms with Crippen molar-refractivity contribution >= 4 is 40.0 Å². The molecule has 0 spiro atoms. The maximum atomic E-state index is 15.8. The maximum absolute atomic E-state index is 15.8. The predicted octanol–water partition coefficient (Wildman–Crippen LogP) is 4.32. The molecule has 0 saturated carbocycles. The fraction of sp³-hybridized carbons (Fsp3) is 0.355. The molecule has 12 heteroatoms. The van der Waals surface area contributed by atoms with E-state index in [9.17, 15) is 14.7 Å². The number of carbonyl (C=O) groups is 1. The van der Waals surface area contributed by atoms with E-state index in [1.807, 2.05) is 31.1 Å². The Morgan fingerprint density at radius 3 is 2.65 bits per heavy atom. The summed E-state index contributed by atoms with van der Waals surface area (Å²) in [5.41, 5.74) is 0.0355. The molecule has 2 atom stereocenters. The fourth-order valence-corrected chi connectivity index (χ4v) is 6.03. The van der Waals surface area contributed by atoms with Gasteiger partial charge in [-0.2, -0.15) is 0 Å². The van der Waals surface area contributed by atoms with Crippen molar-refractivity contribution in [2.75, 3.05) is 50.1 Å². The van der Waals surface area contributed by atoms with Crippen LogP contribution in [0, 0.1) is 11.7 Å². The van der Waals surface area contributed by atoms with Crippen molar-refractivity contribution in [2.24, 2.45) is 5.92 Å². The minimum absolute atomic E-state index is 0.0258. The van der Waals surface area contributed by atoms with Crippen LogP contribution in [0.15, 0.2) is 59.8 Å². The molecule has 4 aromatic rings. The minimum atomic E-state index is -1.39. The van der Waals surface area contributed by atoms with Crippen molar-refractivity contribution in [1.82, 2.24) is 19.4 Å². The standard InChI is InChI=1S/C31H32ClFN6O4/c1-18-9-20(17-43-30-24(32)5-4-8-34-30)38(13-18)27-11-26-22(10-25(27)33)29(40)23(31(41)42)16-39(26)19-6-7-28(35-12-19)37-14-21(15-37)36(2)3/h4-8,10-12,16,18,20-21H,9,13-15,17H2,1-3H3,(H,41,42)/t18?,20-/m1/s1. The number of fused-ring (bicyclic) bond motifs is 1. The second kappa shape index (κ2) is 11.5. The molecule has 10 nitrogen and oxygen atoms in total. The third-order valence-electron chi connectivity index (χ3n) is 8.30. The number of hydrogen-bond donors (Lipinski definition) is 1. The molecule has 2 aliphatic heterocycles. The van der Waals surface area contributed by atoms with Crippen LogP contribution in [0.1, 0.15) is 23.7 Å².